The zero-order valence-corrected chi connectivity index (χ0v) is 16.1. The van der Waals surface area contributed by atoms with Crippen molar-refractivity contribution in [3.05, 3.63) is 58.2 Å². The Kier molecular flexibility index (Phi) is 4.58. The van der Waals surface area contributed by atoms with Crippen LogP contribution in [0.15, 0.2) is 42.7 Å². The zero-order chi connectivity index (χ0) is 19.8. The fourth-order valence-electron chi connectivity index (χ4n) is 2.88. The number of thiazole rings is 1. The average molecular weight is 413 g/mol. The maximum atomic E-state index is 12.0. The molecule has 4 aromatic rings. The predicted octanol–water partition coefficient (Wildman–Crippen LogP) is 3.72. The first-order valence-corrected chi connectivity index (χ1v) is 9.28. The molecule has 0 bridgehead atoms. The molecule has 0 aliphatic carbocycles. The quantitative estimate of drug-likeness (QED) is 0.503. The van der Waals surface area contributed by atoms with E-state index in [2.05, 4.69) is 9.97 Å². The third-order valence-corrected chi connectivity index (χ3v) is 5.47. The highest BCUT2D eigenvalue weighted by molar-refractivity contribution is 7.16. The molecule has 0 atom stereocenters. The van der Waals surface area contributed by atoms with E-state index in [1.807, 2.05) is 0 Å². The molecule has 0 spiro atoms. The van der Waals surface area contributed by atoms with E-state index in [1.54, 1.807) is 47.3 Å². The second-order valence-corrected chi connectivity index (χ2v) is 7.28. The van der Waals surface area contributed by atoms with Crippen molar-refractivity contribution in [2.45, 2.75) is 0 Å². The van der Waals surface area contributed by atoms with Crippen molar-refractivity contribution in [2.75, 3.05) is 7.11 Å². The summed E-state index contributed by atoms with van der Waals surface area (Å²) in [6.45, 7) is 0. The summed E-state index contributed by atoms with van der Waals surface area (Å²) in [5, 5.41) is 1.02. The summed E-state index contributed by atoms with van der Waals surface area (Å²) in [6, 6.07) is 10.4. The zero-order valence-electron chi connectivity index (χ0n) is 14.5. The number of rotatable bonds is 5. The van der Waals surface area contributed by atoms with E-state index in [0.717, 1.165) is 11.3 Å². The number of fused-ring (bicyclic) bond motifs is 1. The van der Waals surface area contributed by atoms with Gasteiger partial charge in [-0.05, 0) is 18.2 Å². The summed E-state index contributed by atoms with van der Waals surface area (Å²) in [6.07, 6.45) is 2.29. The molecule has 140 valence electrons. The van der Waals surface area contributed by atoms with Crippen LogP contribution in [0.25, 0.3) is 27.4 Å². The minimum Gasteiger partial charge on any atom is -0.496 e. The van der Waals surface area contributed by atoms with Crippen LogP contribution in [0.4, 0.5) is 0 Å². The van der Waals surface area contributed by atoms with E-state index < -0.39 is 5.91 Å². The number of aromatic nitrogens is 3. The Morgan fingerprint density at radius 1 is 1.32 bits per heavy atom. The number of imidazole rings is 1. The highest BCUT2D eigenvalue weighted by Gasteiger charge is 2.20. The Balaban J connectivity index is 1.92. The van der Waals surface area contributed by atoms with Crippen LogP contribution in [0.2, 0.25) is 5.02 Å². The number of methoxy groups -OCH3 is 1. The topological polar surface area (TPSA) is 100 Å². The van der Waals surface area contributed by atoms with Gasteiger partial charge in [-0.15, -0.1) is 0 Å². The van der Waals surface area contributed by atoms with E-state index in [0.29, 0.717) is 54.9 Å². The number of nitrogens with zero attached hydrogens (tertiary/aromatic N) is 3. The van der Waals surface area contributed by atoms with Crippen molar-refractivity contribution >= 4 is 46.2 Å². The maximum absolute atomic E-state index is 12.0. The second kappa shape index (κ2) is 7.06. The van der Waals surface area contributed by atoms with Crippen LogP contribution >= 0.6 is 22.9 Å². The molecule has 0 saturated heterocycles. The van der Waals surface area contributed by atoms with Crippen molar-refractivity contribution < 1.29 is 14.3 Å². The number of aldehydes is 1. The van der Waals surface area contributed by atoms with Crippen LogP contribution in [0, 0.1) is 0 Å². The van der Waals surface area contributed by atoms with E-state index >= 15 is 0 Å². The van der Waals surface area contributed by atoms with Gasteiger partial charge in [-0.25, -0.2) is 9.97 Å². The first kappa shape index (κ1) is 18.1. The van der Waals surface area contributed by atoms with Crippen molar-refractivity contribution in [3.8, 4) is 22.1 Å². The van der Waals surface area contributed by atoms with Crippen LogP contribution in [0.3, 0.4) is 0 Å². The predicted molar refractivity (Wildman–Crippen MR) is 108 cm³/mol. The Labute approximate surface area is 168 Å². The molecular weight excluding hydrogens is 400 g/mol. The summed E-state index contributed by atoms with van der Waals surface area (Å²) in [7, 11) is 1.49. The Hall–Kier alpha value is -3.23. The Bertz CT molecular complexity index is 1230. The van der Waals surface area contributed by atoms with Gasteiger partial charge in [-0.3, -0.25) is 14.2 Å². The van der Waals surface area contributed by atoms with E-state index in [9.17, 15) is 9.59 Å². The van der Waals surface area contributed by atoms with Crippen molar-refractivity contribution in [3.63, 3.8) is 0 Å². The fourth-order valence-corrected chi connectivity index (χ4v) is 4.00. The smallest absolute Gasteiger partial charge is 0.261 e. The third kappa shape index (κ3) is 3.02. The Morgan fingerprint density at radius 3 is 2.82 bits per heavy atom. The highest BCUT2D eigenvalue weighted by Crippen LogP contribution is 2.33. The molecule has 9 heteroatoms. The molecule has 4 rings (SSSR count). The Morgan fingerprint density at radius 2 is 2.14 bits per heavy atom. The third-order valence-electron chi connectivity index (χ3n) is 4.17. The van der Waals surface area contributed by atoms with E-state index in [1.165, 1.54) is 7.11 Å². The van der Waals surface area contributed by atoms with Crippen LogP contribution < -0.4 is 10.5 Å². The van der Waals surface area contributed by atoms with Crippen LogP contribution in [0.1, 0.15) is 20.0 Å². The first-order chi connectivity index (χ1) is 13.5. The number of hydrogen-bond donors (Lipinski definition) is 1. The van der Waals surface area contributed by atoms with Gasteiger partial charge in [-0.2, -0.15) is 0 Å². The summed E-state index contributed by atoms with van der Waals surface area (Å²) in [4.78, 5) is 32.6. The second-order valence-electron chi connectivity index (χ2n) is 5.86. The van der Waals surface area contributed by atoms with E-state index in [4.69, 9.17) is 22.1 Å². The fraction of sp³-hybridized carbons (Fsp3) is 0.0526. The van der Waals surface area contributed by atoms with Gasteiger partial charge in [0.2, 0.25) is 0 Å². The number of benzene rings is 2. The summed E-state index contributed by atoms with van der Waals surface area (Å²) >= 11 is 7.21. The maximum Gasteiger partial charge on any atom is 0.261 e. The minimum atomic E-state index is -0.585. The van der Waals surface area contributed by atoms with E-state index in [-0.39, 0.29) is 0 Å². The van der Waals surface area contributed by atoms with Crippen LogP contribution in [-0.4, -0.2) is 33.8 Å². The number of halogens is 1. The lowest BCUT2D eigenvalue weighted by atomic mass is 10.1. The van der Waals surface area contributed by atoms with Gasteiger partial charge >= 0.3 is 0 Å². The molecular formula is C19H13ClN4O3S. The molecule has 1 amide bonds. The average Bonchev–Trinajstić information content (AvgIpc) is 3.30. The SMILES string of the molecule is COc1cc2ncn(-c3nc(-c4cccc(Cl)c4)c(C(N)=O)s3)c2cc1C=O. The van der Waals surface area contributed by atoms with Gasteiger partial charge in [0.1, 0.15) is 17.0 Å². The molecule has 0 unspecified atom stereocenters. The first-order valence-electron chi connectivity index (χ1n) is 8.09. The molecule has 0 fully saturated rings. The van der Waals surface area contributed by atoms with Crippen molar-refractivity contribution in [1.82, 2.24) is 14.5 Å². The van der Waals surface area contributed by atoms with Gasteiger partial charge in [-0.1, -0.05) is 35.1 Å². The lowest BCUT2D eigenvalue weighted by molar-refractivity contribution is 0.100. The number of amides is 1. The molecule has 28 heavy (non-hydrogen) atoms. The van der Waals surface area contributed by atoms with Gasteiger partial charge in [0.05, 0.1) is 29.4 Å². The van der Waals surface area contributed by atoms with Crippen molar-refractivity contribution in [2.24, 2.45) is 5.73 Å². The van der Waals surface area contributed by atoms with Gasteiger partial charge < -0.3 is 10.5 Å². The molecule has 0 aliphatic heterocycles. The molecule has 0 radical (unpaired) electrons. The summed E-state index contributed by atoms with van der Waals surface area (Å²) in [5.74, 6) is -0.150. The summed E-state index contributed by atoms with van der Waals surface area (Å²) < 4.78 is 6.92. The number of ether oxygens (including phenoxy) is 1. The normalized spacial score (nSPS) is 10.9. The number of nitrogens with two attached hydrogens (primary N) is 1. The number of carbonyl (C=O) groups is 2. The minimum absolute atomic E-state index is 0.309. The molecule has 2 N–H and O–H groups in total. The van der Waals surface area contributed by atoms with Crippen LogP contribution in [-0.2, 0) is 0 Å². The molecule has 2 heterocycles. The van der Waals surface area contributed by atoms with Gasteiger partial charge in [0, 0.05) is 16.7 Å². The number of carbonyl (C=O) groups excluding carboxylic acids is 2. The standard InChI is InChI=1S/C19H13ClN4O3S/c1-27-15-7-13-14(6-11(15)8-25)24(9-22-13)19-23-16(17(28-19)18(21)26)10-3-2-4-12(20)5-10/h2-9H,1H3,(H2,21,26). The lowest BCUT2D eigenvalue weighted by Gasteiger charge is -2.04. The lowest BCUT2D eigenvalue weighted by Crippen LogP contribution is -2.10. The molecule has 2 aromatic carbocycles. The highest BCUT2D eigenvalue weighted by atomic mass is 35.5. The number of hydrogen-bond acceptors (Lipinski definition) is 6. The largest absolute Gasteiger partial charge is 0.496 e. The number of primary amides is 1. The van der Waals surface area contributed by atoms with Gasteiger partial charge in [0.15, 0.2) is 11.4 Å². The molecule has 7 nitrogen and oxygen atoms in total. The molecule has 0 aliphatic rings. The van der Waals surface area contributed by atoms with Crippen LogP contribution in [0.5, 0.6) is 5.75 Å². The summed E-state index contributed by atoms with van der Waals surface area (Å²) in [5.41, 5.74) is 8.37. The monoisotopic (exact) mass is 412 g/mol. The molecule has 2 aromatic heterocycles. The van der Waals surface area contributed by atoms with Crippen molar-refractivity contribution in [1.29, 1.82) is 0 Å². The van der Waals surface area contributed by atoms with Gasteiger partial charge in [0.25, 0.3) is 5.91 Å². The molecule has 0 saturated carbocycles.